The predicted octanol–water partition coefficient (Wildman–Crippen LogP) is 1.55. The number of aliphatic hydroxyl groups is 1. The Morgan fingerprint density at radius 1 is 1.19 bits per heavy atom. The van der Waals surface area contributed by atoms with E-state index < -0.39 is 60.9 Å². The summed E-state index contributed by atoms with van der Waals surface area (Å²) >= 11 is 9.78. The van der Waals surface area contributed by atoms with Crippen molar-refractivity contribution in [2.75, 3.05) is 13.3 Å². The van der Waals surface area contributed by atoms with Crippen LogP contribution in [-0.4, -0.2) is 65.4 Å². The molecule has 6 N–H and O–H groups in total. The number of hydrogen-bond acceptors (Lipinski definition) is 10. The third-order valence-corrected chi connectivity index (χ3v) is 8.04. The molecule has 2 heterocycles. The number of aliphatic hydroxyl groups excluding tert-OH is 1. The van der Waals surface area contributed by atoms with Gasteiger partial charge in [-0.15, -0.1) is 0 Å². The van der Waals surface area contributed by atoms with Crippen LogP contribution >= 0.6 is 47.9 Å². The molecule has 0 aromatic carbocycles. The van der Waals surface area contributed by atoms with Crippen LogP contribution in [0.1, 0.15) is 6.23 Å². The van der Waals surface area contributed by atoms with Crippen molar-refractivity contribution in [2.24, 2.45) is 0 Å². The topological polar surface area (TPSA) is 210 Å². The SMILES string of the molecule is O=P(O)(O)OP(=O)(O)OP(=O)(O)OC[C@H]1O[C@@H](n2ccc(=S)[nH]c2=S)[C@@](F)(CF)C1O. The molecule has 1 aromatic rings. The maximum atomic E-state index is 15.1. The summed E-state index contributed by atoms with van der Waals surface area (Å²) in [7, 11) is -17.0. The van der Waals surface area contributed by atoms with Crippen LogP contribution in [0.25, 0.3) is 0 Å². The van der Waals surface area contributed by atoms with E-state index in [0.717, 1.165) is 10.8 Å². The van der Waals surface area contributed by atoms with E-state index >= 15 is 4.39 Å². The molecule has 1 aliphatic heterocycles. The molecule has 1 aliphatic rings. The predicted molar refractivity (Wildman–Crippen MR) is 100.0 cm³/mol. The first-order valence-electron chi connectivity index (χ1n) is 7.68. The first-order chi connectivity index (χ1) is 14.0. The van der Waals surface area contributed by atoms with Gasteiger partial charge in [0.1, 0.15) is 23.5 Å². The third kappa shape index (κ3) is 6.85. The third-order valence-electron chi connectivity index (χ3n) is 3.68. The van der Waals surface area contributed by atoms with Crippen molar-refractivity contribution in [3.63, 3.8) is 0 Å². The number of phosphoric acid groups is 3. The van der Waals surface area contributed by atoms with Crippen molar-refractivity contribution in [1.82, 2.24) is 9.55 Å². The highest BCUT2D eigenvalue weighted by molar-refractivity contribution is 7.72. The summed E-state index contributed by atoms with van der Waals surface area (Å²) in [5, 5.41) is 10.1. The standard InChI is InChI=1S/C10H15F2N2O12P3S2/c11-4-10(12)7(15)5(24-8(10)14-2-1-6(30)13-9(14)31)3-23-28(19,20)26-29(21,22)25-27(16,17)18/h1-2,5,7-8,15H,3-4H2,(H,19,20)(H,21,22)(H,13,30,31)(H2,16,17,18)/t5-,7?,8-,10-/m1/s1. The molecule has 0 spiro atoms. The van der Waals surface area contributed by atoms with Gasteiger partial charge in [0.15, 0.2) is 11.0 Å². The van der Waals surface area contributed by atoms with Crippen LogP contribution in [0.2, 0.25) is 0 Å². The van der Waals surface area contributed by atoms with Gasteiger partial charge >= 0.3 is 23.5 Å². The number of H-pyrrole nitrogens is 1. The minimum absolute atomic E-state index is 0.161. The smallest absolute Gasteiger partial charge is 0.387 e. The lowest BCUT2D eigenvalue weighted by molar-refractivity contribution is -0.0720. The number of hydrogen-bond donors (Lipinski definition) is 6. The highest BCUT2D eigenvalue weighted by atomic mass is 32.1. The van der Waals surface area contributed by atoms with Crippen LogP contribution in [0.15, 0.2) is 12.3 Å². The summed E-state index contributed by atoms with van der Waals surface area (Å²) < 4.78 is 79.6. The molecule has 0 aliphatic carbocycles. The zero-order valence-electron chi connectivity index (χ0n) is 14.8. The van der Waals surface area contributed by atoms with Gasteiger partial charge in [-0.1, -0.05) is 12.2 Å². The number of nitrogens with zero attached hydrogens (tertiary/aromatic N) is 1. The average molecular weight is 550 g/mol. The molecule has 14 nitrogen and oxygen atoms in total. The van der Waals surface area contributed by atoms with Gasteiger partial charge in [0, 0.05) is 6.20 Å². The second-order valence-corrected chi connectivity index (χ2v) is 11.2. The largest absolute Gasteiger partial charge is 0.490 e. The highest BCUT2D eigenvalue weighted by Crippen LogP contribution is 2.66. The van der Waals surface area contributed by atoms with E-state index in [9.17, 15) is 28.1 Å². The summed E-state index contributed by atoms with van der Waals surface area (Å²) in [6, 6.07) is 1.26. The maximum Gasteiger partial charge on any atom is 0.490 e. The number of nitrogens with one attached hydrogen (secondary N) is 1. The van der Waals surface area contributed by atoms with Crippen molar-refractivity contribution >= 4 is 47.9 Å². The molecule has 1 fully saturated rings. The first kappa shape index (κ1) is 27.0. The molecule has 1 aromatic heterocycles. The van der Waals surface area contributed by atoms with Crippen LogP contribution in [0.3, 0.4) is 0 Å². The summed E-state index contributed by atoms with van der Waals surface area (Å²) in [6.45, 7) is -2.97. The Balaban J connectivity index is 2.18. The van der Waals surface area contributed by atoms with Crippen LogP contribution in [0, 0.1) is 9.41 Å². The van der Waals surface area contributed by atoms with Gasteiger partial charge in [-0.25, -0.2) is 22.5 Å². The Bertz CT molecular complexity index is 1080. The molecule has 0 bridgehead atoms. The molecule has 178 valence electrons. The van der Waals surface area contributed by atoms with Gasteiger partial charge in [-0.05, 0) is 18.3 Å². The highest BCUT2D eigenvalue weighted by Gasteiger charge is 2.59. The molecule has 0 radical (unpaired) electrons. The minimum atomic E-state index is -5.79. The lowest BCUT2D eigenvalue weighted by Crippen LogP contribution is -2.45. The molecule has 2 rings (SSSR count). The monoisotopic (exact) mass is 550 g/mol. The van der Waals surface area contributed by atoms with E-state index in [0.29, 0.717) is 0 Å². The second-order valence-electron chi connectivity index (χ2n) is 5.94. The van der Waals surface area contributed by atoms with E-state index in [1.54, 1.807) is 0 Å². The van der Waals surface area contributed by atoms with Crippen LogP contribution in [0.4, 0.5) is 8.78 Å². The summed E-state index contributed by atoms with van der Waals surface area (Å²) in [5.74, 6) is 0. The maximum absolute atomic E-state index is 15.1. The Hall–Kier alpha value is -0.290. The fourth-order valence-electron chi connectivity index (χ4n) is 2.46. The van der Waals surface area contributed by atoms with Crippen LogP contribution < -0.4 is 0 Å². The number of aromatic amines is 1. The number of alkyl halides is 2. The number of aromatic nitrogens is 2. The quantitative estimate of drug-likeness (QED) is 0.190. The Morgan fingerprint density at radius 3 is 2.32 bits per heavy atom. The van der Waals surface area contributed by atoms with Crippen LogP contribution in [0.5, 0.6) is 0 Å². The van der Waals surface area contributed by atoms with Gasteiger partial charge in [0.2, 0.25) is 5.67 Å². The molecular weight excluding hydrogens is 535 g/mol. The van der Waals surface area contributed by atoms with Gasteiger partial charge in [-0.2, -0.15) is 8.62 Å². The van der Waals surface area contributed by atoms with E-state index in [1.807, 2.05) is 0 Å². The normalized spacial score (nSPS) is 30.6. The molecule has 3 unspecified atom stereocenters. The molecule has 0 saturated carbocycles. The van der Waals surface area contributed by atoms with Gasteiger partial charge in [-0.3, -0.25) is 9.09 Å². The fourth-order valence-corrected chi connectivity index (χ4v) is 5.98. The van der Waals surface area contributed by atoms with Crippen LogP contribution in [-0.2, 0) is 31.6 Å². The van der Waals surface area contributed by atoms with E-state index in [1.165, 1.54) is 6.07 Å². The molecule has 31 heavy (non-hydrogen) atoms. The lowest BCUT2D eigenvalue weighted by atomic mass is 9.97. The van der Waals surface area contributed by atoms with Gasteiger partial charge in [0.25, 0.3) is 0 Å². The average Bonchev–Trinajstić information content (AvgIpc) is 2.82. The number of halogens is 2. The molecular formula is C10H15F2N2O12P3S2. The van der Waals surface area contributed by atoms with E-state index in [-0.39, 0.29) is 9.41 Å². The van der Waals surface area contributed by atoms with Gasteiger partial charge < -0.3 is 34.4 Å². The number of rotatable bonds is 9. The molecule has 0 amide bonds. The minimum Gasteiger partial charge on any atom is -0.387 e. The van der Waals surface area contributed by atoms with E-state index in [4.69, 9.17) is 43.9 Å². The first-order valence-corrected chi connectivity index (χ1v) is 13.0. The fraction of sp³-hybridized carbons (Fsp3) is 0.600. The van der Waals surface area contributed by atoms with E-state index in [2.05, 4.69) is 18.1 Å². The van der Waals surface area contributed by atoms with Crippen molar-refractivity contribution in [3.8, 4) is 0 Å². The second kappa shape index (κ2) is 9.52. The summed E-state index contributed by atoms with van der Waals surface area (Å²) in [4.78, 5) is 37.9. The lowest BCUT2D eigenvalue weighted by Gasteiger charge is -2.26. The molecule has 1 saturated heterocycles. The van der Waals surface area contributed by atoms with Crippen molar-refractivity contribution in [3.05, 3.63) is 21.7 Å². The van der Waals surface area contributed by atoms with Gasteiger partial charge in [0.05, 0.1) is 6.61 Å². The molecule has 6 atom stereocenters. The van der Waals surface area contributed by atoms with Crippen molar-refractivity contribution in [1.29, 1.82) is 0 Å². The number of ether oxygens (including phenoxy) is 1. The summed E-state index contributed by atoms with van der Waals surface area (Å²) in [6.07, 6.45) is -4.82. The Morgan fingerprint density at radius 2 is 1.81 bits per heavy atom. The van der Waals surface area contributed by atoms with Crippen molar-refractivity contribution in [2.45, 2.75) is 24.1 Å². The Kier molecular flexibility index (Phi) is 8.28. The zero-order chi connectivity index (χ0) is 23.8. The molecule has 21 heteroatoms. The summed E-state index contributed by atoms with van der Waals surface area (Å²) in [5.41, 5.74) is -3.10. The Labute approximate surface area is 181 Å². The number of phosphoric ester groups is 1. The van der Waals surface area contributed by atoms with Crippen molar-refractivity contribution < 1.29 is 65.0 Å². The zero-order valence-corrected chi connectivity index (χ0v) is 19.1.